The molecule has 3 nitrogen and oxygen atoms in total. The number of carbonyl (C=O) groups excluding carboxylic acids is 1. The zero-order chi connectivity index (χ0) is 8.27. The first-order chi connectivity index (χ1) is 5.22. The highest BCUT2D eigenvalue weighted by Gasteiger charge is 2.17. The molecule has 11 heavy (non-hydrogen) atoms. The lowest BCUT2D eigenvalue weighted by atomic mass is 10.2. The van der Waals surface area contributed by atoms with Gasteiger partial charge in [0.25, 0.3) is 0 Å². The highest BCUT2D eigenvalue weighted by Crippen LogP contribution is 2.11. The van der Waals surface area contributed by atoms with E-state index in [1.165, 1.54) is 6.42 Å². The van der Waals surface area contributed by atoms with Gasteiger partial charge < -0.3 is 0 Å². The van der Waals surface area contributed by atoms with Crippen molar-refractivity contribution in [2.24, 2.45) is 0 Å². The Labute approximate surface area is 67.9 Å². The van der Waals surface area contributed by atoms with E-state index in [1.807, 2.05) is 24.1 Å². The summed E-state index contributed by atoms with van der Waals surface area (Å²) in [5.41, 5.74) is 0. The molecule has 0 aromatic rings. The van der Waals surface area contributed by atoms with Crippen LogP contribution in [0.1, 0.15) is 25.7 Å². The van der Waals surface area contributed by atoms with Gasteiger partial charge in [0.2, 0.25) is 5.91 Å². The predicted octanol–water partition coefficient (Wildman–Crippen LogP) is 0.866. The fourth-order valence-electron chi connectivity index (χ4n) is 1.39. The van der Waals surface area contributed by atoms with Crippen LogP contribution < -0.4 is 0 Å². The Bertz CT molecular complexity index is 145. The first kappa shape index (κ1) is 8.53. The number of amides is 1. The van der Waals surface area contributed by atoms with Crippen LogP contribution in [0.4, 0.5) is 0 Å². The number of hydrogen-bond donors (Lipinski definition) is 0. The molecule has 0 atom stereocenters. The van der Waals surface area contributed by atoms with Crippen molar-refractivity contribution in [2.75, 3.05) is 20.6 Å². The van der Waals surface area contributed by atoms with Crippen LogP contribution in [0.15, 0.2) is 0 Å². The van der Waals surface area contributed by atoms with Gasteiger partial charge in [-0.1, -0.05) is 6.42 Å². The van der Waals surface area contributed by atoms with Crippen LogP contribution in [0.25, 0.3) is 0 Å². The van der Waals surface area contributed by atoms with Crippen molar-refractivity contribution in [3.63, 3.8) is 0 Å². The lowest BCUT2D eigenvalue weighted by Crippen LogP contribution is -2.41. The fraction of sp³-hybridized carbons (Fsp3) is 0.875. The van der Waals surface area contributed by atoms with Crippen molar-refractivity contribution < 1.29 is 4.79 Å². The molecule has 1 aliphatic rings. The molecular weight excluding hydrogens is 140 g/mol. The van der Waals surface area contributed by atoms with E-state index in [9.17, 15) is 4.79 Å². The van der Waals surface area contributed by atoms with Crippen molar-refractivity contribution in [3.05, 3.63) is 0 Å². The van der Waals surface area contributed by atoms with Crippen LogP contribution in [0, 0.1) is 0 Å². The van der Waals surface area contributed by atoms with Crippen molar-refractivity contribution in [1.82, 2.24) is 10.0 Å². The van der Waals surface area contributed by atoms with E-state index < -0.39 is 0 Å². The minimum absolute atomic E-state index is 0.271. The summed E-state index contributed by atoms with van der Waals surface area (Å²) in [4.78, 5) is 11.3. The summed E-state index contributed by atoms with van der Waals surface area (Å²) >= 11 is 0. The molecule has 0 aliphatic carbocycles. The molecule has 0 aromatic heterocycles. The molecule has 1 heterocycles. The van der Waals surface area contributed by atoms with Gasteiger partial charge in [0.15, 0.2) is 0 Å². The van der Waals surface area contributed by atoms with Crippen molar-refractivity contribution in [3.8, 4) is 0 Å². The highest BCUT2D eigenvalue weighted by molar-refractivity contribution is 5.75. The second kappa shape index (κ2) is 3.72. The highest BCUT2D eigenvalue weighted by atomic mass is 16.2. The molecule has 0 radical (unpaired) electrons. The van der Waals surface area contributed by atoms with Crippen LogP contribution in [0.5, 0.6) is 0 Å². The second-order valence-electron chi connectivity index (χ2n) is 3.17. The molecule has 0 aromatic carbocycles. The average molecular weight is 156 g/mol. The zero-order valence-electron chi connectivity index (χ0n) is 7.34. The van der Waals surface area contributed by atoms with E-state index >= 15 is 0 Å². The Kier molecular flexibility index (Phi) is 2.88. The molecule has 0 bridgehead atoms. The normalized spacial score (nSPS) is 20.6. The summed E-state index contributed by atoms with van der Waals surface area (Å²) in [6, 6.07) is 0. The first-order valence-corrected chi connectivity index (χ1v) is 4.19. The molecule has 0 unspecified atom stereocenters. The summed E-state index contributed by atoms with van der Waals surface area (Å²) in [5.74, 6) is 0.271. The lowest BCUT2D eigenvalue weighted by Gasteiger charge is -2.27. The van der Waals surface area contributed by atoms with Gasteiger partial charge in [-0.05, 0) is 12.8 Å². The van der Waals surface area contributed by atoms with Gasteiger partial charge >= 0.3 is 0 Å². The van der Waals surface area contributed by atoms with Crippen LogP contribution >= 0.6 is 0 Å². The van der Waals surface area contributed by atoms with Crippen LogP contribution in [0.3, 0.4) is 0 Å². The Morgan fingerprint density at radius 3 is 2.64 bits per heavy atom. The Morgan fingerprint density at radius 2 is 2.00 bits per heavy atom. The summed E-state index contributed by atoms with van der Waals surface area (Å²) in [7, 11) is 3.84. The SMILES string of the molecule is CN(C)N1CCCCCC1=O. The van der Waals surface area contributed by atoms with Gasteiger partial charge in [0.05, 0.1) is 0 Å². The minimum atomic E-state index is 0.271. The van der Waals surface area contributed by atoms with Gasteiger partial charge in [0.1, 0.15) is 0 Å². The van der Waals surface area contributed by atoms with E-state index in [4.69, 9.17) is 0 Å². The van der Waals surface area contributed by atoms with E-state index in [2.05, 4.69) is 0 Å². The van der Waals surface area contributed by atoms with Gasteiger partial charge in [-0.2, -0.15) is 0 Å². The quantitative estimate of drug-likeness (QED) is 0.562. The Hall–Kier alpha value is -0.570. The second-order valence-corrected chi connectivity index (χ2v) is 3.17. The third kappa shape index (κ3) is 2.19. The molecule has 3 heteroatoms. The summed E-state index contributed by atoms with van der Waals surface area (Å²) in [6.45, 7) is 0.895. The summed E-state index contributed by atoms with van der Waals surface area (Å²) < 4.78 is 0. The van der Waals surface area contributed by atoms with Crippen LogP contribution in [-0.2, 0) is 4.79 Å². The third-order valence-electron chi connectivity index (χ3n) is 2.03. The van der Waals surface area contributed by atoms with Gasteiger partial charge in [0, 0.05) is 27.1 Å². The first-order valence-electron chi connectivity index (χ1n) is 4.19. The van der Waals surface area contributed by atoms with Gasteiger partial charge in [-0.15, -0.1) is 0 Å². The minimum Gasteiger partial charge on any atom is -0.276 e. The molecule has 0 saturated carbocycles. The monoisotopic (exact) mass is 156 g/mol. The van der Waals surface area contributed by atoms with Gasteiger partial charge in [-0.25, -0.2) is 5.01 Å². The maximum atomic E-state index is 11.3. The molecule has 1 saturated heterocycles. The molecule has 1 amide bonds. The summed E-state index contributed by atoms with van der Waals surface area (Å²) in [6.07, 6.45) is 4.11. The standard InChI is InChI=1S/C8H16N2O/c1-9(2)10-7-5-3-4-6-8(10)11/h3-7H2,1-2H3. The van der Waals surface area contributed by atoms with E-state index in [0.717, 1.165) is 25.8 Å². The molecule has 1 aliphatic heterocycles. The van der Waals surface area contributed by atoms with Crippen molar-refractivity contribution in [1.29, 1.82) is 0 Å². The lowest BCUT2D eigenvalue weighted by molar-refractivity contribution is -0.143. The third-order valence-corrected chi connectivity index (χ3v) is 2.03. The molecule has 0 N–H and O–H groups in total. The molecular formula is C8H16N2O. The number of carbonyl (C=O) groups is 1. The Morgan fingerprint density at radius 1 is 1.27 bits per heavy atom. The topological polar surface area (TPSA) is 23.6 Å². The molecule has 1 rings (SSSR count). The van der Waals surface area contributed by atoms with Crippen molar-refractivity contribution in [2.45, 2.75) is 25.7 Å². The van der Waals surface area contributed by atoms with Crippen LogP contribution in [0.2, 0.25) is 0 Å². The number of rotatable bonds is 1. The maximum Gasteiger partial charge on any atom is 0.236 e. The zero-order valence-corrected chi connectivity index (χ0v) is 7.34. The number of hydrogen-bond acceptors (Lipinski definition) is 2. The molecule has 1 fully saturated rings. The summed E-state index contributed by atoms with van der Waals surface area (Å²) in [5, 5.41) is 3.71. The average Bonchev–Trinajstić information content (AvgIpc) is 2.13. The predicted molar refractivity (Wildman–Crippen MR) is 43.9 cm³/mol. The molecule has 64 valence electrons. The maximum absolute atomic E-state index is 11.3. The largest absolute Gasteiger partial charge is 0.276 e. The smallest absolute Gasteiger partial charge is 0.236 e. The number of nitrogens with zero attached hydrogens (tertiary/aromatic N) is 2. The fourth-order valence-corrected chi connectivity index (χ4v) is 1.39. The van der Waals surface area contributed by atoms with E-state index in [1.54, 1.807) is 0 Å². The van der Waals surface area contributed by atoms with Gasteiger partial charge in [-0.3, -0.25) is 9.80 Å². The van der Waals surface area contributed by atoms with E-state index in [-0.39, 0.29) is 5.91 Å². The van der Waals surface area contributed by atoms with E-state index in [0.29, 0.717) is 0 Å². The molecule has 0 spiro atoms. The Balaban J connectivity index is 2.52. The van der Waals surface area contributed by atoms with Crippen molar-refractivity contribution >= 4 is 5.91 Å². The van der Waals surface area contributed by atoms with Crippen LogP contribution in [-0.4, -0.2) is 36.6 Å². The number of hydrazine groups is 1.